The van der Waals surface area contributed by atoms with Crippen molar-refractivity contribution in [3.8, 4) is 0 Å². The van der Waals surface area contributed by atoms with Crippen LogP contribution in [-0.2, 0) is 9.59 Å². The van der Waals surface area contributed by atoms with Crippen molar-refractivity contribution in [2.45, 2.75) is 6.92 Å². The molecule has 0 spiro atoms. The van der Waals surface area contributed by atoms with Crippen LogP contribution in [0.1, 0.15) is 6.92 Å². The molecule has 1 fully saturated rings. The van der Waals surface area contributed by atoms with E-state index in [0.29, 0.717) is 32.7 Å². The fourth-order valence-corrected chi connectivity index (χ4v) is 2.06. The number of urea groups is 1. The van der Waals surface area contributed by atoms with Crippen LogP contribution in [0.25, 0.3) is 0 Å². The van der Waals surface area contributed by atoms with Crippen LogP contribution < -0.4 is 5.32 Å². The molecule has 1 aliphatic rings. The molecule has 8 heteroatoms. The molecule has 3 amide bonds. The van der Waals surface area contributed by atoms with Crippen molar-refractivity contribution >= 4 is 17.9 Å². The average Bonchev–Trinajstić information content (AvgIpc) is 2.44. The van der Waals surface area contributed by atoms with Crippen LogP contribution in [0.5, 0.6) is 0 Å². The largest absolute Gasteiger partial charge is 0.480 e. The number of carbonyl (C=O) groups excluding carboxylic acids is 2. The first-order chi connectivity index (χ1) is 9.47. The second kappa shape index (κ2) is 7.68. The summed E-state index contributed by atoms with van der Waals surface area (Å²) in [5.41, 5.74) is 0. The van der Waals surface area contributed by atoms with Crippen molar-refractivity contribution in [3.63, 3.8) is 0 Å². The highest BCUT2D eigenvalue weighted by Gasteiger charge is 2.26. The summed E-state index contributed by atoms with van der Waals surface area (Å²) in [5, 5.41) is 11.2. The number of carbonyl (C=O) groups is 3. The molecular formula is C12H22N4O4. The van der Waals surface area contributed by atoms with E-state index in [1.54, 1.807) is 9.80 Å². The lowest BCUT2D eigenvalue weighted by atomic mass is 10.3. The van der Waals surface area contributed by atoms with Crippen LogP contribution in [-0.4, -0.2) is 90.6 Å². The molecule has 0 radical (unpaired) electrons. The zero-order valence-electron chi connectivity index (χ0n) is 12.0. The van der Waals surface area contributed by atoms with Gasteiger partial charge in [-0.2, -0.15) is 0 Å². The first-order valence-corrected chi connectivity index (χ1v) is 6.66. The number of carboxylic acid groups (broad SMARTS) is 1. The van der Waals surface area contributed by atoms with Gasteiger partial charge >= 0.3 is 12.0 Å². The Morgan fingerprint density at radius 2 is 1.80 bits per heavy atom. The van der Waals surface area contributed by atoms with E-state index < -0.39 is 5.97 Å². The van der Waals surface area contributed by atoms with Crippen LogP contribution >= 0.6 is 0 Å². The second-order valence-electron chi connectivity index (χ2n) is 4.63. The fraction of sp³-hybridized carbons (Fsp3) is 0.750. The van der Waals surface area contributed by atoms with E-state index in [1.165, 1.54) is 11.9 Å². The van der Waals surface area contributed by atoms with Crippen molar-refractivity contribution in [1.82, 2.24) is 20.0 Å². The minimum Gasteiger partial charge on any atom is -0.480 e. The maximum atomic E-state index is 12.2. The lowest BCUT2D eigenvalue weighted by Crippen LogP contribution is -2.54. The molecule has 1 rings (SSSR count). The smallest absolute Gasteiger partial charge is 0.320 e. The molecule has 114 valence electrons. The number of amides is 3. The summed E-state index contributed by atoms with van der Waals surface area (Å²) in [5.74, 6) is -1.07. The maximum absolute atomic E-state index is 12.2. The maximum Gasteiger partial charge on any atom is 0.320 e. The van der Waals surface area contributed by atoms with Crippen molar-refractivity contribution in [3.05, 3.63) is 0 Å². The summed E-state index contributed by atoms with van der Waals surface area (Å²) in [6.45, 7) is 4.36. The minimum absolute atomic E-state index is 0.00222. The fourth-order valence-electron chi connectivity index (χ4n) is 2.06. The van der Waals surface area contributed by atoms with Crippen LogP contribution in [0.15, 0.2) is 0 Å². The molecule has 0 aromatic heterocycles. The summed E-state index contributed by atoms with van der Waals surface area (Å²) < 4.78 is 0. The topological polar surface area (TPSA) is 93.2 Å². The molecule has 2 N–H and O–H groups in total. The standard InChI is InChI=1S/C12H22N4O4/c1-3-15(8-10(17)13-2)12(20)16-6-4-14(5-7-16)9-11(18)19/h3-9H2,1-2H3,(H,13,17)(H,18,19). The quantitative estimate of drug-likeness (QED) is 0.667. The first-order valence-electron chi connectivity index (χ1n) is 6.66. The monoisotopic (exact) mass is 286 g/mol. The molecular weight excluding hydrogens is 264 g/mol. The molecule has 1 heterocycles. The molecule has 1 aliphatic heterocycles. The molecule has 20 heavy (non-hydrogen) atoms. The Kier molecular flexibility index (Phi) is 6.23. The van der Waals surface area contributed by atoms with Crippen molar-refractivity contribution in [1.29, 1.82) is 0 Å². The number of rotatable bonds is 5. The zero-order valence-corrected chi connectivity index (χ0v) is 12.0. The molecule has 1 saturated heterocycles. The van der Waals surface area contributed by atoms with Gasteiger partial charge in [-0.1, -0.05) is 0 Å². The highest BCUT2D eigenvalue weighted by molar-refractivity contribution is 5.83. The lowest BCUT2D eigenvalue weighted by molar-refractivity contribution is -0.138. The highest BCUT2D eigenvalue weighted by atomic mass is 16.4. The van der Waals surface area contributed by atoms with E-state index in [-0.39, 0.29) is 25.0 Å². The van der Waals surface area contributed by atoms with Gasteiger partial charge in [0.25, 0.3) is 0 Å². The van der Waals surface area contributed by atoms with Crippen molar-refractivity contribution in [2.24, 2.45) is 0 Å². The van der Waals surface area contributed by atoms with Gasteiger partial charge in [0.05, 0.1) is 6.54 Å². The van der Waals surface area contributed by atoms with Gasteiger partial charge in [0.15, 0.2) is 0 Å². The van der Waals surface area contributed by atoms with Gasteiger partial charge in [0.1, 0.15) is 6.54 Å². The Morgan fingerprint density at radius 3 is 2.25 bits per heavy atom. The van der Waals surface area contributed by atoms with Gasteiger partial charge < -0.3 is 20.2 Å². The molecule has 8 nitrogen and oxygen atoms in total. The summed E-state index contributed by atoms with van der Waals surface area (Å²) in [6, 6.07) is -0.175. The predicted molar refractivity (Wildman–Crippen MR) is 72.4 cm³/mol. The summed E-state index contributed by atoms with van der Waals surface area (Å²) in [4.78, 5) is 39.1. The number of hydrogen-bond acceptors (Lipinski definition) is 4. The van der Waals surface area contributed by atoms with E-state index in [9.17, 15) is 14.4 Å². The summed E-state index contributed by atoms with van der Waals surface area (Å²) in [7, 11) is 1.53. The molecule has 0 saturated carbocycles. The number of piperazine rings is 1. The average molecular weight is 286 g/mol. The predicted octanol–water partition coefficient (Wildman–Crippen LogP) is -1.12. The molecule has 0 aromatic rings. The van der Waals surface area contributed by atoms with E-state index in [2.05, 4.69) is 5.32 Å². The third kappa shape index (κ3) is 4.69. The number of nitrogens with zero attached hydrogens (tertiary/aromatic N) is 3. The Morgan fingerprint density at radius 1 is 1.20 bits per heavy atom. The van der Waals surface area contributed by atoms with Crippen LogP contribution in [0.4, 0.5) is 4.79 Å². The molecule has 0 aliphatic carbocycles. The van der Waals surface area contributed by atoms with Gasteiger partial charge in [-0.3, -0.25) is 14.5 Å². The number of carboxylic acids is 1. The minimum atomic E-state index is -0.862. The number of aliphatic carboxylic acids is 1. The number of likely N-dealkylation sites (N-methyl/N-ethyl adjacent to an activating group) is 2. The second-order valence-corrected chi connectivity index (χ2v) is 4.63. The Hall–Kier alpha value is -1.83. The van der Waals surface area contributed by atoms with Gasteiger partial charge in [-0.05, 0) is 6.92 Å². The van der Waals surface area contributed by atoms with Crippen molar-refractivity contribution in [2.75, 3.05) is 52.9 Å². The number of hydrogen-bond donors (Lipinski definition) is 2. The van der Waals surface area contributed by atoms with Gasteiger partial charge in [0, 0.05) is 39.8 Å². The van der Waals surface area contributed by atoms with Gasteiger partial charge in [0.2, 0.25) is 5.91 Å². The molecule has 0 aromatic carbocycles. The number of nitrogens with one attached hydrogen (secondary N) is 1. The highest BCUT2D eigenvalue weighted by Crippen LogP contribution is 2.05. The first kappa shape index (κ1) is 16.2. The molecule has 0 bridgehead atoms. The van der Waals surface area contributed by atoms with Crippen LogP contribution in [0.3, 0.4) is 0 Å². The van der Waals surface area contributed by atoms with E-state index in [0.717, 1.165) is 0 Å². The Balaban J connectivity index is 2.48. The molecule has 0 unspecified atom stereocenters. The van der Waals surface area contributed by atoms with E-state index in [4.69, 9.17) is 5.11 Å². The Bertz CT molecular complexity index is 366. The van der Waals surface area contributed by atoms with Crippen LogP contribution in [0, 0.1) is 0 Å². The zero-order chi connectivity index (χ0) is 15.1. The van der Waals surface area contributed by atoms with Gasteiger partial charge in [-0.15, -0.1) is 0 Å². The lowest BCUT2D eigenvalue weighted by Gasteiger charge is -2.36. The van der Waals surface area contributed by atoms with Crippen molar-refractivity contribution < 1.29 is 19.5 Å². The van der Waals surface area contributed by atoms with E-state index >= 15 is 0 Å². The van der Waals surface area contributed by atoms with E-state index in [1.807, 2.05) is 6.92 Å². The third-order valence-electron chi connectivity index (χ3n) is 3.27. The summed E-state index contributed by atoms with van der Waals surface area (Å²) in [6.07, 6.45) is 0. The Labute approximate surface area is 118 Å². The normalized spacial score (nSPS) is 15.8. The molecule has 0 atom stereocenters. The summed E-state index contributed by atoms with van der Waals surface area (Å²) >= 11 is 0. The third-order valence-corrected chi connectivity index (χ3v) is 3.27. The van der Waals surface area contributed by atoms with Crippen LogP contribution in [0.2, 0.25) is 0 Å². The van der Waals surface area contributed by atoms with Gasteiger partial charge in [-0.25, -0.2) is 4.79 Å². The SMILES string of the molecule is CCN(CC(=O)NC)C(=O)N1CCN(CC(=O)O)CC1.